The summed E-state index contributed by atoms with van der Waals surface area (Å²) in [6.07, 6.45) is 28.8. The van der Waals surface area contributed by atoms with Crippen LogP contribution in [-0.4, -0.2) is 0 Å². The summed E-state index contributed by atoms with van der Waals surface area (Å²) >= 11 is 0. The Kier molecular flexibility index (Phi) is 21.0. The molecule has 0 amide bonds. The molecule has 0 aromatic rings. The van der Waals surface area contributed by atoms with Gasteiger partial charge in [-0.3, -0.25) is 0 Å². The Bertz CT molecular complexity index is 204. The molecule has 145 valence electrons. The highest BCUT2D eigenvalue weighted by Gasteiger charge is 2.02. The van der Waals surface area contributed by atoms with Crippen molar-refractivity contribution in [3.63, 3.8) is 0 Å². The van der Waals surface area contributed by atoms with E-state index >= 15 is 0 Å². The first kappa shape index (κ1) is 24.0. The first-order valence-electron chi connectivity index (χ1n) is 11.6. The number of hydrogen-bond acceptors (Lipinski definition) is 0. The van der Waals surface area contributed by atoms with Crippen molar-refractivity contribution in [1.82, 2.24) is 0 Å². The summed E-state index contributed by atoms with van der Waals surface area (Å²) in [5.41, 5.74) is 0. The number of rotatable bonds is 20. The van der Waals surface area contributed by atoms with E-state index in [9.17, 15) is 0 Å². The van der Waals surface area contributed by atoms with E-state index in [0.717, 1.165) is 12.3 Å². The molecule has 0 N–H and O–H groups in total. The molecular weight excluding hydrogens is 288 g/mol. The van der Waals surface area contributed by atoms with Gasteiger partial charge in [-0.15, -0.1) is 0 Å². The molecule has 0 heteroatoms. The highest BCUT2D eigenvalue weighted by molar-refractivity contribution is 4.59. The van der Waals surface area contributed by atoms with Crippen LogP contribution in [0.4, 0.5) is 0 Å². The maximum Gasteiger partial charge on any atom is -0.0417 e. The van der Waals surface area contributed by atoms with E-state index in [1.807, 2.05) is 0 Å². The highest BCUT2D eigenvalue weighted by atomic mass is 14.1. The summed E-state index contributed by atoms with van der Waals surface area (Å²) in [5.74, 6) is 0.890. The van der Waals surface area contributed by atoms with E-state index in [0.29, 0.717) is 0 Å². The lowest BCUT2D eigenvalue weighted by Crippen LogP contribution is -1.96. The molecule has 24 heavy (non-hydrogen) atoms. The fraction of sp³-hybridized carbons (Fsp3) is 0.958. The molecule has 0 aromatic carbocycles. The van der Waals surface area contributed by atoms with Crippen molar-refractivity contribution in [1.29, 1.82) is 0 Å². The van der Waals surface area contributed by atoms with Gasteiger partial charge < -0.3 is 0 Å². The van der Waals surface area contributed by atoms with Crippen molar-refractivity contribution in [2.24, 2.45) is 5.92 Å². The molecule has 0 bridgehead atoms. The summed E-state index contributed by atoms with van der Waals surface area (Å²) in [6.45, 7) is 8.66. The molecule has 0 spiro atoms. The van der Waals surface area contributed by atoms with Gasteiger partial charge in [0.15, 0.2) is 0 Å². The fourth-order valence-electron chi connectivity index (χ4n) is 3.71. The normalized spacial score (nSPS) is 11.5. The van der Waals surface area contributed by atoms with Crippen molar-refractivity contribution >= 4 is 0 Å². The molecule has 0 aromatic heterocycles. The van der Waals surface area contributed by atoms with Crippen LogP contribution in [0.25, 0.3) is 0 Å². The molecule has 1 atom stereocenters. The van der Waals surface area contributed by atoms with Crippen LogP contribution in [-0.2, 0) is 0 Å². The lowest BCUT2D eigenvalue weighted by molar-refractivity contribution is 0.440. The van der Waals surface area contributed by atoms with Crippen LogP contribution in [0.5, 0.6) is 0 Å². The summed E-state index contributed by atoms with van der Waals surface area (Å²) < 4.78 is 0. The molecule has 0 aliphatic heterocycles. The van der Waals surface area contributed by atoms with E-state index in [1.54, 1.807) is 0 Å². The first-order valence-corrected chi connectivity index (χ1v) is 11.6. The van der Waals surface area contributed by atoms with Gasteiger partial charge in [0.1, 0.15) is 0 Å². The Morgan fingerprint density at radius 1 is 0.500 bits per heavy atom. The SMILES string of the molecule is [CH2]CC(CC)CCCCCCCCCCCCCCCCCCC. The van der Waals surface area contributed by atoms with Gasteiger partial charge in [0, 0.05) is 0 Å². The van der Waals surface area contributed by atoms with Crippen molar-refractivity contribution in [3.05, 3.63) is 6.92 Å². The Hall–Kier alpha value is 0. The van der Waals surface area contributed by atoms with Crippen LogP contribution in [0.3, 0.4) is 0 Å². The lowest BCUT2D eigenvalue weighted by atomic mass is 9.95. The van der Waals surface area contributed by atoms with Crippen LogP contribution >= 0.6 is 0 Å². The molecule has 1 radical (unpaired) electrons. The summed E-state index contributed by atoms with van der Waals surface area (Å²) in [4.78, 5) is 0. The van der Waals surface area contributed by atoms with Crippen LogP contribution in [0.15, 0.2) is 0 Å². The monoisotopic (exact) mass is 337 g/mol. The highest BCUT2D eigenvalue weighted by Crippen LogP contribution is 2.18. The van der Waals surface area contributed by atoms with Gasteiger partial charge in [-0.05, 0) is 5.92 Å². The molecule has 0 aliphatic carbocycles. The standard InChI is InChI=1S/C24H49/c1-4-7-8-9-10-11-12-13-14-15-16-17-18-19-20-21-22-23-24(5-2)6-3/h24H,2,4-23H2,1,3H3. The van der Waals surface area contributed by atoms with E-state index in [1.165, 1.54) is 122 Å². The van der Waals surface area contributed by atoms with Gasteiger partial charge in [0.2, 0.25) is 0 Å². The van der Waals surface area contributed by atoms with Crippen LogP contribution < -0.4 is 0 Å². The van der Waals surface area contributed by atoms with Gasteiger partial charge in [-0.1, -0.05) is 149 Å². The smallest absolute Gasteiger partial charge is 0.0417 e. The molecule has 0 heterocycles. The fourth-order valence-corrected chi connectivity index (χ4v) is 3.71. The average molecular weight is 338 g/mol. The first-order chi connectivity index (χ1) is 11.8. The molecule has 0 saturated carbocycles. The quantitative estimate of drug-likeness (QED) is 0.194. The Labute approximate surface area is 155 Å². The zero-order valence-corrected chi connectivity index (χ0v) is 17.4. The minimum atomic E-state index is 0.890. The van der Waals surface area contributed by atoms with E-state index in [2.05, 4.69) is 20.8 Å². The topological polar surface area (TPSA) is 0 Å². The second kappa shape index (κ2) is 21.0. The molecule has 1 unspecified atom stereocenters. The van der Waals surface area contributed by atoms with E-state index < -0.39 is 0 Å². The van der Waals surface area contributed by atoms with Gasteiger partial charge in [-0.25, -0.2) is 0 Å². The van der Waals surface area contributed by atoms with Crippen LogP contribution in [0, 0.1) is 12.8 Å². The largest absolute Gasteiger partial charge is 0.0654 e. The predicted octanol–water partition coefficient (Wildman–Crippen LogP) is 9.28. The van der Waals surface area contributed by atoms with E-state index in [-0.39, 0.29) is 0 Å². The minimum absolute atomic E-state index is 0.890. The molecule has 0 nitrogen and oxygen atoms in total. The van der Waals surface area contributed by atoms with Gasteiger partial charge in [-0.2, -0.15) is 0 Å². The summed E-state index contributed by atoms with van der Waals surface area (Å²) in [6, 6.07) is 0. The molecule has 0 rings (SSSR count). The Balaban J connectivity index is 3.03. The Morgan fingerprint density at radius 3 is 1.12 bits per heavy atom. The van der Waals surface area contributed by atoms with Crippen LogP contribution in [0.1, 0.15) is 142 Å². The molecular formula is C24H49. The van der Waals surface area contributed by atoms with Gasteiger partial charge in [0.25, 0.3) is 0 Å². The molecule has 0 aliphatic rings. The predicted molar refractivity (Wildman–Crippen MR) is 113 cm³/mol. The zero-order chi connectivity index (χ0) is 17.7. The third-order valence-corrected chi connectivity index (χ3v) is 5.70. The molecule has 0 saturated heterocycles. The zero-order valence-electron chi connectivity index (χ0n) is 17.4. The summed E-state index contributed by atoms with van der Waals surface area (Å²) in [5, 5.41) is 0. The van der Waals surface area contributed by atoms with E-state index in [4.69, 9.17) is 0 Å². The second-order valence-corrected chi connectivity index (χ2v) is 8.01. The van der Waals surface area contributed by atoms with Crippen molar-refractivity contribution < 1.29 is 0 Å². The third kappa shape index (κ3) is 18.3. The lowest BCUT2D eigenvalue weighted by Gasteiger charge is -2.11. The van der Waals surface area contributed by atoms with Crippen molar-refractivity contribution in [2.75, 3.05) is 0 Å². The van der Waals surface area contributed by atoms with Crippen molar-refractivity contribution in [3.8, 4) is 0 Å². The maximum atomic E-state index is 4.05. The Morgan fingerprint density at radius 2 is 0.833 bits per heavy atom. The third-order valence-electron chi connectivity index (χ3n) is 5.70. The maximum absolute atomic E-state index is 4.05. The average Bonchev–Trinajstić information content (AvgIpc) is 2.61. The summed E-state index contributed by atoms with van der Waals surface area (Å²) in [7, 11) is 0. The number of hydrogen-bond donors (Lipinski definition) is 0. The van der Waals surface area contributed by atoms with Crippen molar-refractivity contribution in [2.45, 2.75) is 142 Å². The van der Waals surface area contributed by atoms with Gasteiger partial charge >= 0.3 is 0 Å². The molecule has 0 fully saturated rings. The number of unbranched alkanes of at least 4 members (excludes halogenated alkanes) is 16. The minimum Gasteiger partial charge on any atom is -0.0654 e. The van der Waals surface area contributed by atoms with Gasteiger partial charge in [0.05, 0.1) is 0 Å². The second-order valence-electron chi connectivity index (χ2n) is 8.01. The van der Waals surface area contributed by atoms with Crippen LogP contribution in [0.2, 0.25) is 0 Å².